The highest BCUT2D eigenvalue weighted by molar-refractivity contribution is 5.69. The van der Waals surface area contributed by atoms with Gasteiger partial charge in [0.2, 0.25) is 0 Å². The average molecular weight is 509 g/mol. The van der Waals surface area contributed by atoms with Crippen LogP contribution in [0.4, 0.5) is 0 Å². The molecule has 0 aromatic rings. The zero-order valence-electron chi connectivity index (χ0n) is 25.2. The van der Waals surface area contributed by atoms with Crippen LogP contribution in [0.5, 0.6) is 0 Å². The van der Waals surface area contributed by atoms with E-state index in [-0.39, 0.29) is 5.97 Å². The highest BCUT2D eigenvalue weighted by Crippen LogP contribution is 2.16. The molecule has 36 heavy (non-hydrogen) atoms. The molecule has 0 atom stereocenters. The quantitative estimate of drug-likeness (QED) is 0.0687. The predicted octanol–water partition coefficient (Wildman–Crippen LogP) is 12.3. The van der Waals surface area contributed by atoms with Crippen molar-refractivity contribution in [1.82, 2.24) is 0 Å². The summed E-state index contributed by atoms with van der Waals surface area (Å²) in [5, 5.41) is 0. The Morgan fingerprint density at radius 1 is 0.361 bits per heavy atom. The molecule has 0 rings (SSSR count). The van der Waals surface area contributed by atoms with Crippen LogP contribution in [-0.4, -0.2) is 12.6 Å². The average Bonchev–Trinajstić information content (AvgIpc) is 2.88. The fourth-order valence-electron chi connectivity index (χ4n) is 5.35. The van der Waals surface area contributed by atoms with Crippen LogP contribution in [0.25, 0.3) is 0 Å². The Bertz CT molecular complexity index is 406. The molecular weight excluding hydrogens is 440 g/mol. The molecule has 0 unspecified atom stereocenters. The van der Waals surface area contributed by atoms with Crippen LogP contribution in [0, 0.1) is 0 Å². The molecule has 0 N–H and O–H groups in total. The molecule has 0 aliphatic heterocycles. The summed E-state index contributed by atoms with van der Waals surface area (Å²) in [6.45, 7) is 4.69. The summed E-state index contributed by atoms with van der Waals surface area (Å²) in [7, 11) is 0. The van der Waals surface area contributed by atoms with Gasteiger partial charge in [-0.15, -0.1) is 0 Å². The number of rotatable bonds is 31. The van der Waals surface area contributed by atoms with E-state index in [1.807, 2.05) is 6.92 Å². The molecule has 0 aromatic heterocycles. The summed E-state index contributed by atoms with van der Waals surface area (Å²) in [4.78, 5) is 11.3. The zero-order valence-corrected chi connectivity index (χ0v) is 25.2. The SMILES string of the molecule is CCCCCCCCCCCCCCCCCCCCCCCCCCCCCCCC(=O)OCC. The molecule has 2 heteroatoms. The highest BCUT2D eigenvalue weighted by Gasteiger charge is 2.01. The van der Waals surface area contributed by atoms with Crippen LogP contribution in [-0.2, 0) is 9.53 Å². The first kappa shape index (κ1) is 35.5. The third-order valence-corrected chi connectivity index (χ3v) is 7.79. The topological polar surface area (TPSA) is 26.3 Å². The molecule has 0 saturated heterocycles. The monoisotopic (exact) mass is 509 g/mol. The minimum absolute atomic E-state index is 0.0254. The Kier molecular flexibility index (Phi) is 32.0. The molecule has 0 aromatic carbocycles. The molecule has 0 fully saturated rings. The normalized spacial score (nSPS) is 11.3. The van der Waals surface area contributed by atoms with Crippen LogP contribution in [0.15, 0.2) is 0 Å². The third kappa shape index (κ3) is 31.5. The predicted molar refractivity (Wildman–Crippen MR) is 161 cm³/mol. The maximum atomic E-state index is 11.3. The molecule has 0 aliphatic carbocycles. The number of hydrogen-bond donors (Lipinski definition) is 0. The lowest BCUT2D eigenvalue weighted by Crippen LogP contribution is -2.03. The second-order valence-corrected chi connectivity index (χ2v) is 11.5. The molecule has 0 spiro atoms. The number of carbonyl (C=O) groups is 1. The van der Waals surface area contributed by atoms with Crippen LogP contribution in [0.2, 0.25) is 0 Å². The van der Waals surface area contributed by atoms with Gasteiger partial charge in [0.25, 0.3) is 0 Å². The number of hydrogen-bond acceptors (Lipinski definition) is 2. The number of ether oxygens (including phenoxy) is 1. The number of carbonyl (C=O) groups excluding carboxylic acids is 1. The molecular formula is C34H68O2. The largest absolute Gasteiger partial charge is 0.466 e. The molecule has 216 valence electrons. The highest BCUT2D eigenvalue weighted by atomic mass is 16.5. The Hall–Kier alpha value is -0.530. The van der Waals surface area contributed by atoms with Crippen LogP contribution in [0.3, 0.4) is 0 Å². The van der Waals surface area contributed by atoms with Gasteiger partial charge in [-0.3, -0.25) is 4.79 Å². The second-order valence-electron chi connectivity index (χ2n) is 11.5. The molecule has 0 amide bonds. The summed E-state index contributed by atoms with van der Waals surface area (Å²) in [5.74, 6) is -0.0254. The summed E-state index contributed by atoms with van der Waals surface area (Å²) < 4.78 is 4.97. The van der Waals surface area contributed by atoms with E-state index in [2.05, 4.69) is 6.92 Å². The van der Waals surface area contributed by atoms with Gasteiger partial charge in [-0.05, 0) is 13.3 Å². The molecule has 0 radical (unpaired) electrons. The molecule has 2 nitrogen and oxygen atoms in total. The van der Waals surface area contributed by atoms with Crippen molar-refractivity contribution in [2.45, 2.75) is 206 Å². The Labute approximate surface area is 228 Å². The van der Waals surface area contributed by atoms with E-state index in [1.54, 1.807) is 0 Å². The molecule has 0 bridgehead atoms. The van der Waals surface area contributed by atoms with Gasteiger partial charge in [0.05, 0.1) is 6.61 Å². The smallest absolute Gasteiger partial charge is 0.305 e. The fourth-order valence-corrected chi connectivity index (χ4v) is 5.35. The number of unbranched alkanes of at least 4 members (excludes halogenated alkanes) is 28. The van der Waals surface area contributed by atoms with Gasteiger partial charge in [0.15, 0.2) is 0 Å². The van der Waals surface area contributed by atoms with Crippen LogP contribution in [0.1, 0.15) is 206 Å². The summed E-state index contributed by atoms with van der Waals surface area (Å²) in [5.41, 5.74) is 0. The first-order valence-electron chi connectivity index (χ1n) is 17.0. The Morgan fingerprint density at radius 3 is 0.806 bits per heavy atom. The summed E-state index contributed by atoms with van der Waals surface area (Å²) in [6.07, 6.45) is 41.8. The van der Waals surface area contributed by atoms with E-state index in [0.717, 1.165) is 6.42 Å². The van der Waals surface area contributed by atoms with E-state index < -0.39 is 0 Å². The van der Waals surface area contributed by atoms with Crippen molar-refractivity contribution in [2.24, 2.45) is 0 Å². The van der Waals surface area contributed by atoms with Crippen molar-refractivity contribution >= 4 is 5.97 Å². The molecule has 0 saturated carbocycles. The van der Waals surface area contributed by atoms with Gasteiger partial charge in [-0.25, -0.2) is 0 Å². The minimum Gasteiger partial charge on any atom is -0.466 e. The maximum Gasteiger partial charge on any atom is 0.305 e. The van der Waals surface area contributed by atoms with Crippen molar-refractivity contribution in [3.8, 4) is 0 Å². The van der Waals surface area contributed by atoms with Crippen LogP contribution < -0.4 is 0 Å². The first-order chi connectivity index (χ1) is 17.8. The minimum atomic E-state index is -0.0254. The Morgan fingerprint density at radius 2 is 0.583 bits per heavy atom. The lowest BCUT2D eigenvalue weighted by Gasteiger charge is -2.05. The molecule has 0 aliphatic rings. The maximum absolute atomic E-state index is 11.3. The standard InChI is InChI=1S/C34H68O2/c1-3-5-6-7-8-9-10-11-12-13-14-15-16-17-18-19-20-21-22-23-24-25-26-27-28-29-30-31-32-33-34(35)36-4-2/h3-33H2,1-2H3. The van der Waals surface area contributed by atoms with Gasteiger partial charge < -0.3 is 4.74 Å². The van der Waals surface area contributed by atoms with Gasteiger partial charge in [0, 0.05) is 6.42 Å². The van der Waals surface area contributed by atoms with Crippen molar-refractivity contribution in [3.63, 3.8) is 0 Å². The lowest BCUT2D eigenvalue weighted by atomic mass is 10.0. The Balaban J connectivity index is 3.04. The third-order valence-electron chi connectivity index (χ3n) is 7.79. The fraction of sp³-hybridized carbons (Fsp3) is 0.971. The van der Waals surface area contributed by atoms with Crippen molar-refractivity contribution in [1.29, 1.82) is 0 Å². The summed E-state index contributed by atoms with van der Waals surface area (Å²) >= 11 is 0. The summed E-state index contributed by atoms with van der Waals surface area (Å²) in [6, 6.07) is 0. The van der Waals surface area contributed by atoms with Gasteiger partial charge in [-0.1, -0.05) is 187 Å². The van der Waals surface area contributed by atoms with E-state index in [4.69, 9.17) is 4.74 Å². The van der Waals surface area contributed by atoms with E-state index in [1.165, 1.54) is 180 Å². The van der Waals surface area contributed by atoms with E-state index in [9.17, 15) is 4.79 Å². The van der Waals surface area contributed by atoms with Crippen molar-refractivity contribution < 1.29 is 9.53 Å². The van der Waals surface area contributed by atoms with Crippen molar-refractivity contribution in [2.75, 3.05) is 6.61 Å². The van der Waals surface area contributed by atoms with Gasteiger partial charge in [0.1, 0.15) is 0 Å². The zero-order chi connectivity index (χ0) is 26.2. The first-order valence-corrected chi connectivity index (χ1v) is 17.0. The van der Waals surface area contributed by atoms with E-state index >= 15 is 0 Å². The molecule has 0 heterocycles. The van der Waals surface area contributed by atoms with Crippen molar-refractivity contribution in [3.05, 3.63) is 0 Å². The number of esters is 1. The van der Waals surface area contributed by atoms with Gasteiger partial charge in [-0.2, -0.15) is 0 Å². The van der Waals surface area contributed by atoms with Crippen LogP contribution >= 0.6 is 0 Å². The van der Waals surface area contributed by atoms with E-state index in [0.29, 0.717) is 13.0 Å². The van der Waals surface area contributed by atoms with Gasteiger partial charge >= 0.3 is 5.97 Å². The lowest BCUT2D eigenvalue weighted by molar-refractivity contribution is -0.143. The second kappa shape index (κ2) is 32.5.